The van der Waals surface area contributed by atoms with Crippen molar-refractivity contribution >= 4 is 17.6 Å². The van der Waals surface area contributed by atoms with Crippen LogP contribution in [0.2, 0.25) is 0 Å². The minimum atomic E-state index is -1.08. The lowest BCUT2D eigenvalue weighted by atomic mass is 10.1. The van der Waals surface area contributed by atoms with Gasteiger partial charge < -0.3 is 19.9 Å². The number of amides is 1. The lowest BCUT2D eigenvalue weighted by Crippen LogP contribution is -2.13. The van der Waals surface area contributed by atoms with E-state index in [-0.39, 0.29) is 11.7 Å². The van der Waals surface area contributed by atoms with Gasteiger partial charge in [0.15, 0.2) is 18.1 Å². The van der Waals surface area contributed by atoms with Gasteiger partial charge in [0.25, 0.3) is 5.91 Å². The van der Waals surface area contributed by atoms with Crippen molar-refractivity contribution < 1.29 is 24.2 Å². The fourth-order valence-corrected chi connectivity index (χ4v) is 2.20. The van der Waals surface area contributed by atoms with Crippen LogP contribution in [0.15, 0.2) is 42.5 Å². The zero-order valence-electron chi connectivity index (χ0n) is 14.2. The molecule has 0 saturated carbocycles. The molecule has 0 heterocycles. The van der Waals surface area contributed by atoms with E-state index in [1.807, 2.05) is 24.3 Å². The summed E-state index contributed by atoms with van der Waals surface area (Å²) in [5.74, 6) is -0.749. The largest absolute Gasteiger partial charge is 0.490 e. The number of hydrogen-bond acceptors (Lipinski definition) is 4. The van der Waals surface area contributed by atoms with Crippen LogP contribution in [0, 0.1) is 0 Å². The molecule has 0 spiro atoms. The summed E-state index contributed by atoms with van der Waals surface area (Å²) in [4.78, 5) is 23.0. The maximum atomic E-state index is 12.4. The van der Waals surface area contributed by atoms with Gasteiger partial charge in [0.2, 0.25) is 0 Å². The lowest BCUT2D eigenvalue weighted by Gasteiger charge is -2.12. The maximum absolute atomic E-state index is 12.4. The molecule has 132 valence electrons. The Kier molecular flexibility index (Phi) is 6.39. The number of anilines is 1. The fraction of sp³-hybridized carbons (Fsp3) is 0.263. The molecule has 6 nitrogen and oxygen atoms in total. The van der Waals surface area contributed by atoms with Gasteiger partial charge in [0, 0.05) is 11.3 Å². The highest BCUT2D eigenvalue weighted by Crippen LogP contribution is 2.29. The molecular formula is C19H21NO5. The molecule has 2 aromatic carbocycles. The van der Waals surface area contributed by atoms with E-state index in [4.69, 9.17) is 14.6 Å². The van der Waals surface area contributed by atoms with Crippen molar-refractivity contribution in [3.63, 3.8) is 0 Å². The Balaban J connectivity index is 2.14. The highest BCUT2D eigenvalue weighted by atomic mass is 16.5. The van der Waals surface area contributed by atoms with Gasteiger partial charge in [-0.2, -0.15) is 0 Å². The van der Waals surface area contributed by atoms with Crippen molar-refractivity contribution in [1.29, 1.82) is 0 Å². The SMILES string of the molecule is CCOc1cc(C(=O)Nc2ccc(CC)cc2)ccc1OCC(=O)O. The molecule has 2 aromatic rings. The Morgan fingerprint density at radius 2 is 1.72 bits per heavy atom. The average molecular weight is 343 g/mol. The number of hydrogen-bond donors (Lipinski definition) is 2. The van der Waals surface area contributed by atoms with Gasteiger partial charge in [-0.3, -0.25) is 4.79 Å². The summed E-state index contributed by atoms with van der Waals surface area (Å²) in [5.41, 5.74) is 2.29. The molecule has 2 N–H and O–H groups in total. The zero-order chi connectivity index (χ0) is 18.2. The molecule has 0 aliphatic rings. The summed E-state index contributed by atoms with van der Waals surface area (Å²) in [6, 6.07) is 12.3. The van der Waals surface area contributed by atoms with Crippen molar-refractivity contribution in [2.45, 2.75) is 20.3 Å². The Morgan fingerprint density at radius 3 is 2.32 bits per heavy atom. The summed E-state index contributed by atoms with van der Waals surface area (Å²) in [6.45, 7) is 3.75. The first-order valence-corrected chi connectivity index (χ1v) is 8.05. The van der Waals surface area contributed by atoms with Gasteiger partial charge in [-0.05, 0) is 49.2 Å². The van der Waals surface area contributed by atoms with Gasteiger partial charge in [0.05, 0.1) is 6.61 Å². The van der Waals surface area contributed by atoms with E-state index in [9.17, 15) is 9.59 Å². The molecular weight excluding hydrogens is 322 g/mol. The number of nitrogens with one attached hydrogen (secondary N) is 1. The average Bonchev–Trinajstić information content (AvgIpc) is 2.61. The van der Waals surface area contributed by atoms with Crippen LogP contribution in [-0.4, -0.2) is 30.2 Å². The second kappa shape index (κ2) is 8.73. The molecule has 0 aliphatic heterocycles. The molecule has 0 unspecified atom stereocenters. The minimum absolute atomic E-state index is 0.282. The number of ether oxygens (including phenoxy) is 2. The summed E-state index contributed by atoms with van der Waals surface area (Å²) in [5, 5.41) is 11.5. The van der Waals surface area contributed by atoms with Gasteiger partial charge in [-0.1, -0.05) is 19.1 Å². The van der Waals surface area contributed by atoms with Gasteiger partial charge >= 0.3 is 5.97 Å². The molecule has 2 rings (SSSR count). The van der Waals surface area contributed by atoms with Crippen molar-refractivity contribution in [2.24, 2.45) is 0 Å². The number of benzene rings is 2. The van der Waals surface area contributed by atoms with Crippen LogP contribution in [0.3, 0.4) is 0 Å². The van der Waals surface area contributed by atoms with Crippen LogP contribution in [0.25, 0.3) is 0 Å². The second-order valence-electron chi connectivity index (χ2n) is 5.28. The Bertz CT molecular complexity index is 740. The number of carboxylic acid groups (broad SMARTS) is 1. The number of carbonyl (C=O) groups is 2. The third-order valence-electron chi connectivity index (χ3n) is 3.48. The van der Waals surface area contributed by atoms with Crippen LogP contribution in [0.5, 0.6) is 11.5 Å². The molecule has 6 heteroatoms. The van der Waals surface area contributed by atoms with Gasteiger partial charge in [-0.15, -0.1) is 0 Å². The van der Waals surface area contributed by atoms with E-state index in [0.29, 0.717) is 23.6 Å². The van der Waals surface area contributed by atoms with E-state index in [0.717, 1.165) is 6.42 Å². The van der Waals surface area contributed by atoms with Crippen molar-refractivity contribution in [3.05, 3.63) is 53.6 Å². The first kappa shape index (κ1) is 18.3. The molecule has 0 aromatic heterocycles. The Hall–Kier alpha value is -3.02. The smallest absolute Gasteiger partial charge is 0.341 e. The monoisotopic (exact) mass is 343 g/mol. The quantitative estimate of drug-likeness (QED) is 0.768. The maximum Gasteiger partial charge on any atom is 0.341 e. The van der Waals surface area contributed by atoms with E-state index < -0.39 is 12.6 Å². The van der Waals surface area contributed by atoms with Crippen LogP contribution < -0.4 is 14.8 Å². The topological polar surface area (TPSA) is 84.9 Å². The summed E-state index contributed by atoms with van der Waals surface area (Å²) in [7, 11) is 0. The number of carboxylic acids is 1. The third-order valence-corrected chi connectivity index (χ3v) is 3.48. The minimum Gasteiger partial charge on any atom is -0.490 e. The molecule has 0 aliphatic carbocycles. The van der Waals surface area contributed by atoms with E-state index in [2.05, 4.69) is 12.2 Å². The van der Waals surface area contributed by atoms with E-state index in [1.54, 1.807) is 13.0 Å². The molecule has 1 amide bonds. The number of aryl methyl sites for hydroxylation is 1. The normalized spacial score (nSPS) is 10.2. The highest BCUT2D eigenvalue weighted by Gasteiger charge is 2.13. The Labute approximate surface area is 146 Å². The number of rotatable bonds is 8. The molecule has 0 saturated heterocycles. The van der Waals surface area contributed by atoms with Crippen LogP contribution in [0.1, 0.15) is 29.8 Å². The molecule has 0 radical (unpaired) electrons. The molecule has 0 bridgehead atoms. The standard InChI is InChI=1S/C19H21NO5/c1-3-13-5-8-15(9-6-13)20-19(23)14-7-10-16(25-12-18(21)22)17(11-14)24-4-2/h5-11H,3-4,12H2,1-2H3,(H,20,23)(H,21,22). The van der Waals surface area contributed by atoms with Crippen molar-refractivity contribution in [1.82, 2.24) is 0 Å². The summed E-state index contributed by atoms with van der Waals surface area (Å²) >= 11 is 0. The van der Waals surface area contributed by atoms with Crippen molar-refractivity contribution in [2.75, 3.05) is 18.5 Å². The summed E-state index contributed by atoms with van der Waals surface area (Å²) in [6.07, 6.45) is 0.934. The predicted molar refractivity (Wildman–Crippen MR) is 94.5 cm³/mol. The number of aliphatic carboxylic acids is 1. The predicted octanol–water partition coefficient (Wildman–Crippen LogP) is 3.36. The Morgan fingerprint density at radius 1 is 1.00 bits per heavy atom. The molecule has 0 atom stereocenters. The fourth-order valence-electron chi connectivity index (χ4n) is 2.20. The van der Waals surface area contributed by atoms with E-state index >= 15 is 0 Å². The number of carbonyl (C=O) groups excluding carboxylic acids is 1. The first-order valence-electron chi connectivity index (χ1n) is 8.05. The summed E-state index contributed by atoms with van der Waals surface area (Å²) < 4.78 is 10.6. The van der Waals surface area contributed by atoms with Crippen LogP contribution in [-0.2, 0) is 11.2 Å². The first-order chi connectivity index (χ1) is 12.0. The van der Waals surface area contributed by atoms with Crippen molar-refractivity contribution in [3.8, 4) is 11.5 Å². The highest BCUT2D eigenvalue weighted by molar-refractivity contribution is 6.04. The van der Waals surface area contributed by atoms with E-state index in [1.165, 1.54) is 17.7 Å². The van der Waals surface area contributed by atoms with Gasteiger partial charge in [-0.25, -0.2) is 4.79 Å². The van der Waals surface area contributed by atoms with Crippen LogP contribution >= 0.6 is 0 Å². The van der Waals surface area contributed by atoms with Gasteiger partial charge in [0.1, 0.15) is 0 Å². The van der Waals surface area contributed by atoms with Crippen LogP contribution in [0.4, 0.5) is 5.69 Å². The molecule has 0 fully saturated rings. The second-order valence-corrected chi connectivity index (χ2v) is 5.28. The molecule has 25 heavy (non-hydrogen) atoms. The zero-order valence-corrected chi connectivity index (χ0v) is 14.2. The lowest BCUT2D eigenvalue weighted by molar-refractivity contribution is -0.139. The third kappa shape index (κ3) is 5.24.